The van der Waals surface area contributed by atoms with Crippen molar-refractivity contribution in [3.05, 3.63) is 45.7 Å². The molecule has 0 radical (unpaired) electrons. The number of ether oxygens (including phenoxy) is 1. The van der Waals surface area contributed by atoms with Gasteiger partial charge < -0.3 is 14.6 Å². The monoisotopic (exact) mass is 370 g/mol. The maximum absolute atomic E-state index is 12.4. The molecule has 1 heterocycles. The van der Waals surface area contributed by atoms with Crippen molar-refractivity contribution < 1.29 is 9.53 Å². The van der Waals surface area contributed by atoms with Gasteiger partial charge in [0.2, 0.25) is 0 Å². The summed E-state index contributed by atoms with van der Waals surface area (Å²) in [6.07, 6.45) is 1.89. The number of halogens is 2. The van der Waals surface area contributed by atoms with E-state index in [4.69, 9.17) is 16.3 Å². The number of carbonyl (C=O) groups excluding carboxylic acids is 1. The number of nitrogens with zero attached hydrogens (tertiary/aromatic N) is 1. The van der Waals surface area contributed by atoms with Crippen molar-refractivity contribution in [2.45, 2.75) is 19.9 Å². The van der Waals surface area contributed by atoms with E-state index in [-0.39, 0.29) is 11.9 Å². The van der Waals surface area contributed by atoms with Gasteiger partial charge in [-0.25, -0.2) is 0 Å². The van der Waals surface area contributed by atoms with Gasteiger partial charge in [-0.2, -0.15) is 0 Å². The van der Waals surface area contributed by atoms with Gasteiger partial charge in [0.1, 0.15) is 11.4 Å². The molecule has 1 N–H and O–H groups in total. The second-order valence-corrected chi connectivity index (χ2v) is 6.17. The minimum Gasteiger partial charge on any atom is -0.495 e. The van der Waals surface area contributed by atoms with Gasteiger partial charge in [-0.05, 0) is 54.0 Å². The molecule has 0 spiro atoms. The Morgan fingerprint density at radius 2 is 2.10 bits per heavy atom. The summed E-state index contributed by atoms with van der Waals surface area (Å²) in [7, 11) is 1.55. The Bertz CT molecular complexity index is 668. The van der Waals surface area contributed by atoms with Gasteiger partial charge in [0, 0.05) is 22.4 Å². The minimum absolute atomic E-state index is 0.185. The summed E-state index contributed by atoms with van der Waals surface area (Å²) in [5, 5.41) is 3.29. The van der Waals surface area contributed by atoms with Crippen LogP contribution < -0.4 is 10.1 Å². The van der Waals surface area contributed by atoms with E-state index >= 15 is 0 Å². The van der Waals surface area contributed by atoms with E-state index in [2.05, 4.69) is 21.2 Å². The van der Waals surface area contributed by atoms with Crippen LogP contribution in [-0.2, 0) is 0 Å². The second-order valence-electron chi connectivity index (χ2n) is 4.85. The van der Waals surface area contributed by atoms with Crippen LogP contribution in [0, 0.1) is 0 Å². The van der Waals surface area contributed by atoms with Gasteiger partial charge in [0.15, 0.2) is 0 Å². The van der Waals surface area contributed by atoms with Crippen LogP contribution in [0.25, 0.3) is 0 Å². The van der Waals surface area contributed by atoms with Crippen molar-refractivity contribution in [1.29, 1.82) is 0 Å². The van der Waals surface area contributed by atoms with E-state index in [1.807, 2.05) is 24.6 Å². The summed E-state index contributed by atoms with van der Waals surface area (Å²) in [6.45, 7) is 4.04. The summed E-state index contributed by atoms with van der Waals surface area (Å²) >= 11 is 9.45. The number of amides is 1. The molecule has 0 saturated carbocycles. The number of nitrogens with one attached hydrogen (secondary N) is 1. The molecule has 21 heavy (non-hydrogen) atoms. The molecular formula is C15H16BrClN2O2. The number of methoxy groups -OCH3 is 1. The third-order valence-corrected chi connectivity index (χ3v) is 3.74. The predicted octanol–water partition coefficient (Wildman–Crippen LogP) is 4.75. The number of rotatable bonds is 4. The predicted molar refractivity (Wildman–Crippen MR) is 88.5 cm³/mol. The van der Waals surface area contributed by atoms with Gasteiger partial charge >= 0.3 is 0 Å². The number of hydrogen-bond donors (Lipinski definition) is 1. The molecule has 1 aromatic carbocycles. The smallest absolute Gasteiger partial charge is 0.272 e. The zero-order valence-electron chi connectivity index (χ0n) is 12.0. The van der Waals surface area contributed by atoms with E-state index in [1.54, 1.807) is 31.4 Å². The van der Waals surface area contributed by atoms with E-state index < -0.39 is 0 Å². The normalized spacial score (nSPS) is 10.8. The Hall–Kier alpha value is -1.46. The maximum Gasteiger partial charge on any atom is 0.272 e. The lowest BCUT2D eigenvalue weighted by Crippen LogP contribution is -2.17. The molecule has 0 aliphatic heterocycles. The quantitative estimate of drug-likeness (QED) is 0.843. The molecule has 0 fully saturated rings. The lowest BCUT2D eigenvalue weighted by Gasteiger charge is -2.13. The molecule has 6 heteroatoms. The highest BCUT2D eigenvalue weighted by molar-refractivity contribution is 9.10. The lowest BCUT2D eigenvalue weighted by atomic mass is 10.2. The average Bonchev–Trinajstić information content (AvgIpc) is 2.81. The highest BCUT2D eigenvalue weighted by Gasteiger charge is 2.15. The van der Waals surface area contributed by atoms with Gasteiger partial charge in [-0.15, -0.1) is 0 Å². The zero-order valence-corrected chi connectivity index (χ0v) is 14.3. The molecule has 0 atom stereocenters. The second kappa shape index (κ2) is 6.54. The topological polar surface area (TPSA) is 43.3 Å². The lowest BCUT2D eigenvalue weighted by molar-refractivity contribution is 0.101. The third-order valence-electron chi connectivity index (χ3n) is 3.01. The van der Waals surface area contributed by atoms with Crippen LogP contribution in [0.4, 0.5) is 5.69 Å². The van der Waals surface area contributed by atoms with Crippen molar-refractivity contribution in [2.75, 3.05) is 12.4 Å². The Morgan fingerprint density at radius 3 is 2.67 bits per heavy atom. The van der Waals surface area contributed by atoms with E-state index in [0.29, 0.717) is 22.2 Å². The molecule has 2 rings (SSSR count). The summed E-state index contributed by atoms with van der Waals surface area (Å²) in [6, 6.07) is 7.11. The third kappa shape index (κ3) is 3.60. The fourth-order valence-electron chi connectivity index (χ4n) is 1.99. The Balaban J connectivity index is 2.24. The summed E-state index contributed by atoms with van der Waals surface area (Å²) in [5.41, 5.74) is 1.21. The summed E-state index contributed by atoms with van der Waals surface area (Å²) in [5.74, 6) is 0.388. The zero-order chi connectivity index (χ0) is 15.6. The SMILES string of the molecule is COc1ccc(NC(=O)c2cc(Br)cn2C(C)C)cc1Cl. The number of hydrogen-bond acceptors (Lipinski definition) is 2. The largest absolute Gasteiger partial charge is 0.495 e. The number of benzene rings is 1. The Kier molecular flexibility index (Phi) is 4.96. The first kappa shape index (κ1) is 15.9. The maximum atomic E-state index is 12.4. The Labute approximate surface area is 137 Å². The standard InChI is InChI=1S/C15H16BrClN2O2/c1-9(2)19-8-10(16)6-13(19)15(20)18-11-4-5-14(21-3)12(17)7-11/h4-9H,1-3H3,(H,18,20). The molecule has 0 unspecified atom stereocenters. The van der Waals surface area contributed by atoms with Crippen molar-refractivity contribution in [2.24, 2.45) is 0 Å². The molecule has 0 bridgehead atoms. The Morgan fingerprint density at radius 1 is 1.38 bits per heavy atom. The average molecular weight is 372 g/mol. The van der Waals surface area contributed by atoms with Gasteiger partial charge in [0.05, 0.1) is 12.1 Å². The van der Waals surface area contributed by atoms with Gasteiger partial charge in [-0.1, -0.05) is 11.6 Å². The summed E-state index contributed by atoms with van der Waals surface area (Å²) in [4.78, 5) is 12.4. The number of anilines is 1. The van der Waals surface area contributed by atoms with Crippen molar-refractivity contribution in [3.8, 4) is 5.75 Å². The fourth-order valence-corrected chi connectivity index (χ4v) is 2.69. The number of carbonyl (C=O) groups is 1. The van der Waals surface area contributed by atoms with Crippen LogP contribution in [0.15, 0.2) is 34.9 Å². The fraction of sp³-hybridized carbons (Fsp3) is 0.267. The first-order valence-electron chi connectivity index (χ1n) is 6.44. The highest BCUT2D eigenvalue weighted by Crippen LogP contribution is 2.28. The van der Waals surface area contributed by atoms with Crippen LogP contribution in [0.1, 0.15) is 30.4 Å². The molecule has 1 aromatic heterocycles. The van der Waals surface area contributed by atoms with Crippen molar-refractivity contribution in [1.82, 2.24) is 4.57 Å². The van der Waals surface area contributed by atoms with E-state index in [0.717, 1.165) is 4.47 Å². The van der Waals surface area contributed by atoms with E-state index in [1.165, 1.54) is 0 Å². The molecule has 2 aromatic rings. The molecule has 1 amide bonds. The van der Waals surface area contributed by atoms with E-state index in [9.17, 15) is 4.79 Å². The van der Waals surface area contributed by atoms with Crippen LogP contribution in [-0.4, -0.2) is 17.6 Å². The van der Waals surface area contributed by atoms with Crippen LogP contribution >= 0.6 is 27.5 Å². The van der Waals surface area contributed by atoms with Crippen LogP contribution in [0.3, 0.4) is 0 Å². The van der Waals surface area contributed by atoms with Crippen molar-refractivity contribution in [3.63, 3.8) is 0 Å². The molecule has 0 aliphatic rings. The first-order valence-corrected chi connectivity index (χ1v) is 7.61. The van der Waals surface area contributed by atoms with Gasteiger partial charge in [-0.3, -0.25) is 4.79 Å². The van der Waals surface area contributed by atoms with Gasteiger partial charge in [0.25, 0.3) is 5.91 Å². The molecule has 0 saturated heterocycles. The van der Waals surface area contributed by atoms with Crippen LogP contribution in [0.5, 0.6) is 5.75 Å². The summed E-state index contributed by atoms with van der Waals surface area (Å²) < 4.78 is 7.87. The molecule has 4 nitrogen and oxygen atoms in total. The minimum atomic E-state index is -0.185. The number of aromatic nitrogens is 1. The molecule has 0 aliphatic carbocycles. The molecular weight excluding hydrogens is 356 g/mol. The highest BCUT2D eigenvalue weighted by atomic mass is 79.9. The first-order chi connectivity index (χ1) is 9.92. The van der Waals surface area contributed by atoms with Crippen LogP contribution in [0.2, 0.25) is 5.02 Å². The van der Waals surface area contributed by atoms with Crippen molar-refractivity contribution >= 4 is 39.1 Å². The molecule has 112 valence electrons.